The molecular formula is C20H24ClN5O3. The van der Waals surface area contributed by atoms with E-state index in [4.69, 9.17) is 16.3 Å². The number of carbonyl (C=O) groups is 2. The Bertz CT molecular complexity index is 954. The summed E-state index contributed by atoms with van der Waals surface area (Å²) in [6.45, 7) is 6.24. The van der Waals surface area contributed by atoms with Crippen molar-refractivity contribution in [3.63, 3.8) is 0 Å². The lowest BCUT2D eigenvalue weighted by atomic mass is 9.92. The Hall–Kier alpha value is -2.87. The third-order valence-corrected chi connectivity index (χ3v) is 5.37. The molecule has 1 atom stereocenters. The average Bonchev–Trinajstić information content (AvgIpc) is 3.11. The summed E-state index contributed by atoms with van der Waals surface area (Å²) in [6.07, 6.45) is 3.38. The fraction of sp³-hybridized carbons (Fsp3) is 0.400. The van der Waals surface area contributed by atoms with Gasteiger partial charge in [-0.3, -0.25) is 9.48 Å². The molecule has 0 radical (unpaired) electrons. The first-order valence-electron chi connectivity index (χ1n) is 9.40. The van der Waals surface area contributed by atoms with Crippen LogP contribution in [0, 0.1) is 6.92 Å². The van der Waals surface area contributed by atoms with Crippen LogP contribution in [0.2, 0.25) is 5.15 Å². The lowest BCUT2D eigenvalue weighted by Crippen LogP contribution is -2.40. The van der Waals surface area contributed by atoms with Crippen LogP contribution in [0.15, 0.2) is 29.4 Å². The highest BCUT2D eigenvalue weighted by atomic mass is 35.5. The van der Waals surface area contributed by atoms with Gasteiger partial charge < -0.3 is 10.1 Å². The van der Waals surface area contributed by atoms with Crippen molar-refractivity contribution >= 4 is 29.8 Å². The van der Waals surface area contributed by atoms with Crippen LogP contribution in [0.5, 0.6) is 5.75 Å². The Labute approximate surface area is 174 Å². The Kier molecular flexibility index (Phi) is 5.93. The summed E-state index contributed by atoms with van der Waals surface area (Å²) in [6, 6.07) is 6.35. The summed E-state index contributed by atoms with van der Waals surface area (Å²) in [5.74, 6) is 0.185. The van der Waals surface area contributed by atoms with Gasteiger partial charge in [0.1, 0.15) is 16.4 Å². The first-order valence-corrected chi connectivity index (χ1v) is 9.77. The number of benzene rings is 1. The van der Waals surface area contributed by atoms with Crippen molar-refractivity contribution in [1.29, 1.82) is 0 Å². The molecule has 1 fully saturated rings. The summed E-state index contributed by atoms with van der Waals surface area (Å²) in [4.78, 5) is 25.4. The monoisotopic (exact) mass is 417 g/mol. The third-order valence-electron chi connectivity index (χ3n) is 4.97. The van der Waals surface area contributed by atoms with E-state index < -0.39 is 17.5 Å². The molecule has 0 bridgehead atoms. The first-order chi connectivity index (χ1) is 13.8. The molecule has 1 aliphatic heterocycles. The highest BCUT2D eigenvalue weighted by Crippen LogP contribution is 2.30. The number of halogens is 1. The molecule has 1 aromatic heterocycles. The van der Waals surface area contributed by atoms with Gasteiger partial charge >= 0.3 is 6.03 Å². The van der Waals surface area contributed by atoms with Crippen molar-refractivity contribution in [2.75, 3.05) is 7.11 Å². The molecule has 1 saturated heterocycles. The summed E-state index contributed by atoms with van der Waals surface area (Å²) in [7, 11) is 1.56. The standard InChI is InChI=1S/C20H24ClN5O3/c1-5-6-11-25-17(21)16(13(2)24-25)12-22-26-18(27)20(3,23-19(26)28)14-7-9-15(29-4)10-8-14/h7-10,12H,5-6,11H2,1-4H3,(H,23,28)/t20-/m0/s1. The summed E-state index contributed by atoms with van der Waals surface area (Å²) in [5.41, 5.74) is 0.683. The van der Waals surface area contributed by atoms with Crippen LogP contribution in [0.4, 0.5) is 4.79 Å². The molecule has 1 N–H and O–H groups in total. The number of ether oxygens (including phenoxy) is 1. The van der Waals surface area contributed by atoms with Gasteiger partial charge in [0, 0.05) is 6.54 Å². The topological polar surface area (TPSA) is 88.8 Å². The quantitative estimate of drug-likeness (QED) is 0.552. The highest BCUT2D eigenvalue weighted by molar-refractivity contribution is 6.32. The number of unbranched alkanes of at least 4 members (excludes halogenated alkanes) is 1. The zero-order valence-corrected chi connectivity index (χ0v) is 17.7. The van der Waals surface area contributed by atoms with E-state index in [1.165, 1.54) is 6.21 Å². The predicted octanol–water partition coefficient (Wildman–Crippen LogP) is 3.45. The predicted molar refractivity (Wildman–Crippen MR) is 110 cm³/mol. The largest absolute Gasteiger partial charge is 0.497 e. The maximum atomic E-state index is 13.0. The number of hydrogen-bond donors (Lipinski definition) is 1. The molecule has 29 heavy (non-hydrogen) atoms. The number of hydrazone groups is 1. The molecule has 3 rings (SSSR count). The van der Waals surface area contributed by atoms with Gasteiger partial charge in [0.15, 0.2) is 0 Å². The first kappa shape index (κ1) is 20.9. The van der Waals surface area contributed by atoms with Crippen molar-refractivity contribution in [2.45, 2.75) is 45.7 Å². The number of methoxy groups -OCH3 is 1. The van der Waals surface area contributed by atoms with Gasteiger partial charge in [-0.05, 0) is 38.0 Å². The minimum absolute atomic E-state index is 0.435. The smallest absolute Gasteiger partial charge is 0.346 e. The van der Waals surface area contributed by atoms with E-state index in [2.05, 4.69) is 22.4 Å². The molecule has 0 aliphatic carbocycles. The number of urea groups is 1. The lowest BCUT2D eigenvalue weighted by molar-refractivity contribution is -0.131. The minimum Gasteiger partial charge on any atom is -0.497 e. The zero-order valence-electron chi connectivity index (χ0n) is 16.9. The van der Waals surface area contributed by atoms with Gasteiger partial charge in [-0.15, -0.1) is 5.01 Å². The van der Waals surface area contributed by atoms with E-state index in [0.717, 1.165) is 17.9 Å². The number of carbonyl (C=O) groups excluding carboxylic acids is 2. The van der Waals surface area contributed by atoms with E-state index in [1.807, 2.05) is 6.92 Å². The van der Waals surface area contributed by atoms with Crippen LogP contribution in [-0.4, -0.2) is 40.1 Å². The van der Waals surface area contributed by atoms with Crippen LogP contribution in [0.3, 0.4) is 0 Å². The maximum absolute atomic E-state index is 13.0. The number of nitrogens with zero attached hydrogens (tertiary/aromatic N) is 4. The molecule has 9 heteroatoms. The van der Waals surface area contributed by atoms with Crippen LogP contribution in [-0.2, 0) is 16.9 Å². The summed E-state index contributed by atoms with van der Waals surface area (Å²) >= 11 is 6.40. The number of nitrogens with one attached hydrogen (secondary N) is 1. The SMILES string of the molecule is CCCCn1nc(C)c(C=NN2C(=O)N[C@@](C)(c3ccc(OC)cc3)C2=O)c1Cl. The van der Waals surface area contributed by atoms with Gasteiger partial charge in [0.25, 0.3) is 5.91 Å². The molecule has 0 unspecified atom stereocenters. The Morgan fingerprint density at radius 3 is 2.62 bits per heavy atom. The fourth-order valence-electron chi connectivity index (χ4n) is 3.13. The fourth-order valence-corrected chi connectivity index (χ4v) is 3.44. The molecule has 1 aromatic carbocycles. The molecule has 3 amide bonds. The van der Waals surface area contributed by atoms with Crippen molar-refractivity contribution in [2.24, 2.45) is 5.10 Å². The molecule has 0 saturated carbocycles. The molecule has 154 valence electrons. The minimum atomic E-state index is -1.22. The molecule has 2 heterocycles. The third kappa shape index (κ3) is 3.85. The number of aryl methyl sites for hydroxylation is 2. The van der Waals surface area contributed by atoms with Crippen LogP contribution < -0.4 is 10.1 Å². The number of imide groups is 1. The highest BCUT2D eigenvalue weighted by Gasteiger charge is 2.49. The molecule has 1 aliphatic rings. The second-order valence-electron chi connectivity index (χ2n) is 7.01. The number of hydrogen-bond acceptors (Lipinski definition) is 5. The van der Waals surface area contributed by atoms with E-state index in [-0.39, 0.29) is 0 Å². The average molecular weight is 418 g/mol. The molecular weight excluding hydrogens is 394 g/mol. The zero-order chi connectivity index (χ0) is 21.2. The maximum Gasteiger partial charge on any atom is 0.346 e. The van der Waals surface area contributed by atoms with Crippen molar-refractivity contribution in [3.8, 4) is 5.75 Å². The molecule has 8 nitrogen and oxygen atoms in total. The number of aromatic nitrogens is 2. The van der Waals surface area contributed by atoms with Gasteiger partial charge in [-0.2, -0.15) is 10.2 Å². The molecule has 2 aromatic rings. The number of amides is 3. The summed E-state index contributed by atoms with van der Waals surface area (Å²) in [5, 5.41) is 12.5. The van der Waals surface area contributed by atoms with Crippen LogP contribution in [0.1, 0.15) is 43.5 Å². The lowest BCUT2D eigenvalue weighted by Gasteiger charge is -2.21. The van der Waals surface area contributed by atoms with E-state index in [9.17, 15) is 9.59 Å². The van der Waals surface area contributed by atoms with Crippen LogP contribution >= 0.6 is 11.6 Å². The second kappa shape index (κ2) is 8.24. The van der Waals surface area contributed by atoms with E-state index in [1.54, 1.807) is 43.0 Å². The Balaban J connectivity index is 1.84. The Morgan fingerprint density at radius 2 is 2.00 bits per heavy atom. The van der Waals surface area contributed by atoms with E-state index >= 15 is 0 Å². The van der Waals surface area contributed by atoms with Crippen molar-refractivity contribution in [1.82, 2.24) is 20.1 Å². The Morgan fingerprint density at radius 1 is 1.31 bits per heavy atom. The van der Waals surface area contributed by atoms with Crippen molar-refractivity contribution in [3.05, 3.63) is 46.2 Å². The van der Waals surface area contributed by atoms with Gasteiger partial charge in [-0.1, -0.05) is 37.1 Å². The second-order valence-corrected chi connectivity index (χ2v) is 7.37. The van der Waals surface area contributed by atoms with Gasteiger partial charge in [0.05, 0.1) is 24.6 Å². The normalized spacial score (nSPS) is 19.3. The van der Waals surface area contributed by atoms with Gasteiger partial charge in [0.2, 0.25) is 0 Å². The van der Waals surface area contributed by atoms with E-state index in [0.29, 0.717) is 34.3 Å². The van der Waals surface area contributed by atoms with Crippen molar-refractivity contribution < 1.29 is 14.3 Å². The van der Waals surface area contributed by atoms with Crippen LogP contribution in [0.25, 0.3) is 0 Å². The summed E-state index contributed by atoms with van der Waals surface area (Å²) < 4.78 is 6.85. The number of rotatable bonds is 7. The van der Waals surface area contributed by atoms with Gasteiger partial charge in [-0.25, -0.2) is 4.79 Å². The molecule has 0 spiro atoms.